The van der Waals surface area contributed by atoms with E-state index in [4.69, 9.17) is 11.6 Å². The molecule has 3 heteroatoms. The van der Waals surface area contributed by atoms with Gasteiger partial charge < -0.3 is 21.5 Å². The molecular formula is C23H23BrClN. The van der Waals surface area contributed by atoms with E-state index in [9.17, 15) is 0 Å². The number of benzene rings is 3. The lowest BCUT2D eigenvalue weighted by atomic mass is 9.79. The fourth-order valence-electron chi connectivity index (χ4n) is 4.36. The standard InChI is InChI=1S/C23H23ClN.BrH/c1-25(2,3)23(16-17-9-5-4-6-10-17)21-12-8-7-11-19(21)20-14-13-18(24)15-22(20)23;/h4-15H,16H2,1-3H3;1H/q+1;/p-1. The molecule has 0 saturated heterocycles. The Morgan fingerprint density at radius 1 is 0.769 bits per heavy atom. The van der Waals surface area contributed by atoms with Gasteiger partial charge >= 0.3 is 0 Å². The lowest BCUT2D eigenvalue weighted by molar-refractivity contribution is -0.924. The molecule has 26 heavy (non-hydrogen) atoms. The Kier molecular flexibility index (Phi) is 5.04. The summed E-state index contributed by atoms with van der Waals surface area (Å²) < 4.78 is 0.812. The third-order valence-corrected chi connectivity index (χ3v) is 5.77. The van der Waals surface area contributed by atoms with Crippen molar-refractivity contribution in [2.24, 2.45) is 0 Å². The first kappa shape index (κ1) is 19.2. The van der Waals surface area contributed by atoms with Crippen molar-refractivity contribution in [2.75, 3.05) is 21.1 Å². The number of quaternary nitrogens is 1. The normalized spacial score (nSPS) is 18.0. The Balaban J connectivity index is 0.00000196. The predicted octanol–water partition coefficient (Wildman–Crippen LogP) is 2.52. The highest BCUT2D eigenvalue weighted by atomic mass is 79.9. The van der Waals surface area contributed by atoms with E-state index in [1.165, 1.54) is 27.8 Å². The molecule has 0 spiro atoms. The first-order valence-corrected chi connectivity index (χ1v) is 9.07. The molecule has 0 aromatic heterocycles. The number of hydrogen-bond acceptors (Lipinski definition) is 0. The van der Waals surface area contributed by atoms with Gasteiger partial charge in [0.05, 0.1) is 21.1 Å². The predicted molar refractivity (Wildman–Crippen MR) is 106 cm³/mol. The van der Waals surface area contributed by atoms with Gasteiger partial charge in [-0.15, -0.1) is 0 Å². The van der Waals surface area contributed by atoms with Crippen LogP contribution in [0.5, 0.6) is 0 Å². The molecule has 4 rings (SSSR count). The van der Waals surface area contributed by atoms with E-state index in [0.717, 1.165) is 15.9 Å². The second-order valence-electron chi connectivity index (χ2n) is 7.77. The van der Waals surface area contributed by atoms with Crippen LogP contribution in [0.15, 0.2) is 72.8 Å². The van der Waals surface area contributed by atoms with Gasteiger partial charge in [0.2, 0.25) is 0 Å². The summed E-state index contributed by atoms with van der Waals surface area (Å²) in [5, 5.41) is 0.803. The fourth-order valence-corrected chi connectivity index (χ4v) is 4.53. The minimum absolute atomic E-state index is 0. The topological polar surface area (TPSA) is 0 Å². The number of likely N-dealkylation sites (N-methyl/N-ethyl adjacent to an activating group) is 1. The third kappa shape index (κ3) is 2.81. The van der Waals surface area contributed by atoms with Crippen molar-refractivity contribution in [3.8, 4) is 11.1 Å². The van der Waals surface area contributed by atoms with Crippen LogP contribution in [-0.4, -0.2) is 25.6 Å². The van der Waals surface area contributed by atoms with Crippen molar-refractivity contribution < 1.29 is 21.5 Å². The van der Waals surface area contributed by atoms with Crippen LogP contribution in [0.4, 0.5) is 0 Å². The summed E-state index contributed by atoms with van der Waals surface area (Å²) in [5.74, 6) is 0. The van der Waals surface area contributed by atoms with E-state index < -0.39 is 0 Å². The summed E-state index contributed by atoms with van der Waals surface area (Å²) in [6, 6.07) is 25.9. The lowest BCUT2D eigenvalue weighted by Crippen LogP contribution is -3.00. The van der Waals surface area contributed by atoms with E-state index in [1.54, 1.807) is 0 Å². The Hall–Kier alpha value is -1.61. The van der Waals surface area contributed by atoms with Gasteiger partial charge in [-0.25, -0.2) is 0 Å². The molecule has 1 unspecified atom stereocenters. The molecule has 1 aliphatic rings. The maximum absolute atomic E-state index is 6.44. The molecule has 0 N–H and O–H groups in total. The van der Waals surface area contributed by atoms with Gasteiger partial charge in [0.1, 0.15) is 0 Å². The largest absolute Gasteiger partial charge is 1.00 e. The molecule has 0 saturated carbocycles. The van der Waals surface area contributed by atoms with E-state index >= 15 is 0 Å². The van der Waals surface area contributed by atoms with Gasteiger partial charge in [-0.2, -0.15) is 0 Å². The van der Waals surface area contributed by atoms with Crippen LogP contribution in [0, 0.1) is 0 Å². The summed E-state index contributed by atoms with van der Waals surface area (Å²) in [6.45, 7) is 0. The van der Waals surface area contributed by atoms with Crippen LogP contribution in [0.2, 0.25) is 5.02 Å². The SMILES string of the molecule is C[N+](C)(C)C1(Cc2ccccc2)c2ccccc2-c2ccc(Cl)cc21.[Br-]. The fraction of sp³-hybridized carbons (Fsp3) is 0.217. The van der Waals surface area contributed by atoms with Crippen molar-refractivity contribution in [3.05, 3.63) is 94.5 Å². The van der Waals surface area contributed by atoms with Crippen LogP contribution in [0.1, 0.15) is 16.7 Å². The summed E-state index contributed by atoms with van der Waals surface area (Å²) in [6.07, 6.45) is 0.946. The first-order chi connectivity index (χ1) is 11.9. The Labute approximate surface area is 171 Å². The molecule has 1 atom stereocenters. The van der Waals surface area contributed by atoms with E-state index in [1.807, 2.05) is 6.07 Å². The maximum Gasteiger partial charge on any atom is 0.155 e. The van der Waals surface area contributed by atoms with Gasteiger partial charge in [-0.1, -0.05) is 72.3 Å². The van der Waals surface area contributed by atoms with Crippen molar-refractivity contribution in [1.29, 1.82) is 0 Å². The highest BCUT2D eigenvalue weighted by Crippen LogP contribution is 2.54. The number of hydrogen-bond donors (Lipinski definition) is 0. The molecule has 3 aromatic carbocycles. The van der Waals surface area contributed by atoms with Crippen molar-refractivity contribution in [3.63, 3.8) is 0 Å². The molecule has 0 amide bonds. The van der Waals surface area contributed by atoms with Crippen LogP contribution in [-0.2, 0) is 12.0 Å². The van der Waals surface area contributed by atoms with Gasteiger partial charge in [0.25, 0.3) is 0 Å². The lowest BCUT2D eigenvalue weighted by Gasteiger charge is -2.45. The Morgan fingerprint density at radius 3 is 2.08 bits per heavy atom. The minimum atomic E-state index is -0.155. The number of nitrogens with zero attached hydrogens (tertiary/aromatic N) is 1. The van der Waals surface area contributed by atoms with Gasteiger partial charge in [-0.05, 0) is 28.8 Å². The zero-order valence-corrected chi connectivity index (χ0v) is 17.7. The van der Waals surface area contributed by atoms with Gasteiger partial charge in [-0.3, -0.25) is 0 Å². The Bertz CT molecular complexity index is 930. The summed E-state index contributed by atoms with van der Waals surface area (Å²) in [5.41, 5.74) is 6.56. The van der Waals surface area contributed by atoms with Crippen molar-refractivity contribution >= 4 is 11.6 Å². The highest BCUT2D eigenvalue weighted by Gasteiger charge is 2.53. The van der Waals surface area contributed by atoms with Crippen LogP contribution < -0.4 is 17.0 Å². The summed E-state index contributed by atoms with van der Waals surface area (Å²) in [4.78, 5) is 0. The molecule has 0 heterocycles. The monoisotopic (exact) mass is 427 g/mol. The molecular weight excluding hydrogens is 406 g/mol. The zero-order chi connectivity index (χ0) is 17.7. The maximum atomic E-state index is 6.44. The number of rotatable bonds is 3. The van der Waals surface area contributed by atoms with Crippen LogP contribution in [0.25, 0.3) is 11.1 Å². The number of fused-ring (bicyclic) bond motifs is 3. The third-order valence-electron chi connectivity index (χ3n) is 5.54. The number of halogens is 2. The van der Waals surface area contributed by atoms with E-state index in [0.29, 0.717) is 0 Å². The molecule has 0 radical (unpaired) electrons. The molecule has 1 aliphatic carbocycles. The smallest absolute Gasteiger partial charge is 0.155 e. The van der Waals surface area contributed by atoms with Crippen LogP contribution in [0.3, 0.4) is 0 Å². The van der Waals surface area contributed by atoms with E-state index in [-0.39, 0.29) is 22.5 Å². The first-order valence-electron chi connectivity index (χ1n) is 8.69. The zero-order valence-electron chi connectivity index (χ0n) is 15.3. The molecule has 1 nitrogen and oxygen atoms in total. The second-order valence-corrected chi connectivity index (χ2v) is 8.21. The average molecular weight is 429 g/mol. The quantitative estimate of drug-likeness (QED) is 0.562. The van der Waals surface area contributed by atoms with Crippen LogP contribution >= 0.6 is 11.6 Å². The Morgan fingerprint density at radius 2 is 1.38 bits per heavy atom. The second kappa shape index (κ2) is 6.84. The van der Waals surface area contributed by atoms with Crippen molar-refractivity contribution in [1.82, 2.24) is 0 Å². The highest BCUT2D eigenvalue weighted by molar-refractivity contribution is 6.30. The summed E-state index contributed by atoms with van der Waals surface area (Å²) in [7, 11) is 6.86. The molecule has 0 bridgehead atoms. The molecule has 0 fully saturated rings. The molecule has 0 aliphatic heterocycles. The molecule has 134 valence electrons. The van der Waals surface area contributed by atoms with Crippen molar-refractivity contribution in [2.45, 2.75) is 12.0 Å². The molecule has 3 aromatic rings. The van der Waals surface area contributed by atoms with Gasteiger partial charge in [0, 0.05) is 22.6 Å². The summed E-state index contributed by atoms with van der Waals surface area (Å²) >= 11 is 6.44. The van der Waals surface area contributed by atoms with Gasteiger partial charge in [0.15, 0.2) is 5.54 Å². The minimum Gasteiger partial charge on any atom is -1.00 e. The van der Waals surface area contributed by atoms with E-state index in [2.05, 4.69) is 87.9 Å². The average Bonchev–Trinajstić information content (AvgIpc) is 2.86.